The van der Waals surface area contributed by atoms with Crippen molar-refractivity contribution in [2.75, 3.05) is 19.6 Å². The van der Waals surface area contributed by atoms with Gasteiger partial charge in [0, 0.05) is 57.4 Å². The topological polar surface area (TPSA) is 147 Å². The molecule has 0 unspecified atom stereocenters. The van der Waals surface area contributed by atoms with Crippen molar-refractivity contribution in [3.8, 4) is 28.0 Å². The summed E-state index contributed by atoms with van der Waals surface area (Å²) in [5.41, 5.74) is 7.23. The Kier molecular flexibility index (Phi) is 13.9. The fraction of sp³-hybridized carbons (Fsp3) is 0.453. The molecule has 0 bridgehead atoms. The minimum absolute atomic E-state index is 0.0320. The number of nitrogens with zero attached hydrogens (tertiary/aromatic N) is 7. The van der Waals surface area contributed by atoms with Crippen molar-refractivity contribution in [2.24, 2.45) is 15.9 Å². The first-order valence-corrected chi connectivity index (χ1v) is 24.9. The summed E-state index contributed by atoms with van der Waals surface area (Å²) in [6.45, 7) is 10.4. The number of hydrogen-bond donors (Lipinski definition) is 2. The number of likely N-dealkylation sites (tertiary alicyclic amines) is 2. The van der Waals surface area contributed by atoms with Crippen LogP contribution in [0.25, 0.3) is 10.4 Å². The highest BCUT2D eigenvalue weighted by Crippen LogP contribution is 2.55. The standard InChI is InChI=1S/C53H58F3N9O4S/c1-34-46(70-33-58-34)40-15-13-36(14-16-40)30-57-48(67)42-29-52(25-26-52)32-64(42)49(68)47(51(2,3)4)59-45(66)8-6-5-7-35-9-11-37(12-10-35)31-69-41-19-17-38(18-20-41)39-23-27-63(28-24-39)44-22-21-43-60-61-50(53(54,55)56)65(43)62-44/h9-20,33,39,42,47H,6,8,21-32H2,1-4H3,(H,57,67)(H,59,66)/t42-,47+/m0/s1. The lowest BCUT2D eigenvalue weighted by atomic mass is 9.85. The van der Waals surface area contributed by atoms with Crippen LogP contribution in [-0.2, 0) is 40.1 Å². The van der Waals surface area contributed by atoms with Gasteiger partial charge in [0.2, 0.25) is 17.7 Å². The van der Waals surface area contributed by atoms with E-state index in [1.165, 1.54) is 5.56 Å². The molecular formula is C53H58F3N9O4S. The molecule has 2 saturated heterocycles. The number of fused-ring (bicyclic) bond motifs is 1. The van der Waals surface area contributed by atoms with Crippen LogP contribution in [0, 0.1) is 29.6 Å². The molecule has 2 N–H and O–H groups in total. The highest BCUT2D eigenvalue weighted by atomic mass is 32.1. The van der Waals surface area contributed by atoms with Gasteiger partial charge in [0.25, 0.3) is 5.82 Å². The number of amidine groups is 1. The van der Waals surface area contributed by atoms with E-state index in [9.17, 15) is 27.6 Å². The van der Waals surface area contributed by atoms with Crippen LogP contribution in [0.1, 0.15) is 118 Å². The molecule has 1 spiro atoms. The Hall–Kier alpha value is -6.54. The number of aryl methyl sites for hydroxylation is 2. The fourth-order valence-corrected chi connectivity index (χ4v) is 10.4. The molecule has 3 aromatic carbocycles. The van der Waals surface area contributed by atoms with Crippen molar-refractivity contribution in [3.63, 3.8) is 0 Å². The number of benzene rings is 3. The summed E-state index contributed by atoms with van der Waals surface area (Å²) in [5.74, 6) is 6.43. The van der Waals surface area contributed by atoms with E-state index in [0.717, 1.165) is 68.9 Å². The highest BCUT2D eigenvalue weighted by Gasteiger charge is 2.56. The lowest BCUT2D eigenvalue weighted by Gasteiger charge is -2.35. The van der Waals surface area contributed by atoms with Crippen molar-refractivity contribution in [2.45, 2.75) is 123 Å². The lowest BCUT2D eigenvalue weighted by molar-refractivity contribution is -0.147. The van der Waals surface area contributed by atoms with Crippen LogP contribution in [-0.4, -0.2) is 84.9 Å². The van der Waals surface area contributed by atoms with Gasteiger partial charge in [-0.1, -0.05) is 81.1 Å². The maximum Gasteiger partial charge on any atom is 0.453 e. The van der Waals surface area contributed by atoms with Crippen molar-refractivity contribution >= 4 is 34.9 Å². The van der Waals surface area contributed by atoms with Gasteiger partial charge in [-0.15, -0.1) is 21.5 Å². The summed E-state index contributed by atoms with van der Waals surface area (Å²) in [5, 5.41) is 17.4. The number of nitrogens with one attached hydrogen (secondary N) is 2. The van der Waals surface area contributed by atoms with Gasteiger partial charge in [0.05, 0.1) is 16.1 Å². The number of aromatic nitrogens is 4. The summed E-state index contributed by atoms with van der Waals surface area (Å²) in [6, 6.07) is 22.5. The number of rotatable bonds is 12. The first-order valence-electron chi connectivity index (χ1n) is 24.0. The second kappa shape index (κ2) is 20.1. The number of alkyl halides is 3. The van der Waals surface area contributed by atoms with E-state index in [-0.39, 0.29) is 35.4 Å². The Morgan fingerprint density at radius 2 is 1.64 bits per heavy atom. The van der Waals surface area contributed by atoms with E-state index in [0.29, 0.717) is 70.2 Å². The minimum Gasteiger partial charge on any atom is -0.489 e. The molecule has 3 aliphatic heterocycles. The summed E-state index contributed by atoms with van der Waals surface area (Å²) >= 11 is 1.60. The van der Waals surface area contributed by atoms with Crippen LogP contribution in [0.15, 0.2) is 83.4 Å². The largest absolute Gasteiger partial charge is 0.489 e. The average molecular weight is 974 g/mol. The van der Waals surface area contributed by atoms with E-state index in [2.05, 4.69) is 59.8 Å². The zero-order valence-electron chi connectivity index (χ0n) is 39.9. The van der Waals surface area contributed by atoms with Crippen LogP contribution < -0.4 is 15.4 Å². The number of amides is 3. The number of carbonyl (C=O) groups excluding carboxylic acids is 3. The van der Waals surface area contributed by atoms with E-state index < -0.39 is 29.5 Å². The zero-order chi connectivity index (χ0) is 49.2. The van der Waals surface area contributed by atoms with Gasteiger partial charge in [-0.25, -0.2) is 4.98 Å². The molecule has 5 heterocycles. The van der Waals surface area contributed by atoms with E-state index in [4.69, 9.17) is 4.74 Å². The van der Waals surface area contributed by atoms with Gasteiger partial charge >= 0.3 is 6.18 Å². The number of carbonyl (C=O) groups is 3. The Bertz CT molecular complexity index is 2790. The molecular weight excluding hydrogens is 916 g/mol. The van der Waals surface area contributed by atoms with Crippen molar-refractivity contribution in [1.29, 1.82) is 0 Å². The Morgan fingerprint density at radius 1 is 0.929 bits per heavy atom. The van der Waals surface area contributed by atoms with Crippen LogP contribution >= 0.6 is 11.3 Å². The van der Waals surface area contributed by atoms with E-state index in [1.54, 1.807) is 16.2 Å². The van der Waals surface area contributed by atoms with Crippen LogP contribution in [0.3, 0.4) is 0 Å². The van der Waals surface area contributed by atoms with Crippen LogP contribution in [0.5, 0.6) is 5.75 Å². The molecule has 4 aliphatic rings. The van der Waals surface area contributed by atoms with Crippen LogP contribution in [0.4, 0.5) is 13.2 Å². The number of thiazole rings is 1. The fourth-order valence-electron chi connectivity index (χ4n) is 9.63. The predicted molar refractivity (Wildman–Crippen MR) is 260 cm³/mol. The Morgan fingerprint density at radius 3 is 2.30 bits per heavy atom. The molecule has 0 radical (unpaired) electrons. The maximum atomic E-state index is 14.3. The number of piperidine rings is 1. The first-order chi connectivity index (χ1) is 33.5. The molecule has 2 aromatic heterocycles. The minimum atomic E-state index is -4.61. The van der Waals surface area contributed by atoms with Gasteiger partial charge < -0.3 is 25.2 Å². The molecule has 2 atom stereocenters. The first kappa shape index (κ1) is 48.5. The molecule has 3 amide bonds. The normalized spacial score (nSPS) is 18.1. The SMILES string of the molecule is Cc1ncsc1-c1ccc(CNC(=O)[C@@H]2CC3(CC3)CN2C(=O)[C@@H](NC(=O)CCC#Cc2ccc(COc3ccc(C4CCN(C5=Nn6c(nnc6C(F)(F)F)CC5)CC4)cc3)cc2)C(C)(C)C)cc1. The van der Waals surface area contributed by atoms with Gasteiger partial charge in [-0.3, -0.25) is 14.4 Å². The third kappa shape index (κ3) is 11.2. The zero-order valence-corrected chi connectivity index (χ0v) is 40.8. The monoisotopic (exact) mass is 973 g/mol. The summed E-state index contributed by atoms with van der Waals surface area (Å²) in [4.78, 5) is 50.6. The number of hydrogen-bond acceptors (Lipinski definition) is 10. The second-order valence-electron chi connectivity index (χ2n) is 20.1. The van der Waals surface area contributed by atoms with E-state index >= 15 is 0 Å². The third-order valence-corrected chi connectivity index (χ3v) is 14.9. The van der Waals surface area contributed by atoms with E-state index in [1.807, 2.05) is 93.9 Å². The molecule has 1 aliphatic carbocycles. The van der Waals surface area contributed by atoms with Gasteiger partial charge in [0.15, 0.2) is 5.82 Å². The predicted octanol–water partition coefficient (Wildman–Crippen LogP) is 8.66. The third-order valence-electron chi connectivity index (χ3n) is 13.9. The van der Waals surface area contributed by atoms with Gasteiger partial charge in [0.1, 0.15) is 30.3 Å². The van der Waals surface area contributed by atoms with Gasteiger partial charge in [-0.2, -0.15) is 22.9 Å². The molecule has 13 nitrogen and oxygen atoms in total. The Balaban J connectivity index is 0.713. The maximum absolute atomic E-state index is 14.3. The van der Waals surface area contributed by atoms with Crippen molar-refractivity contribution in [3.05, 3.63) is 118 Å². The van der Waals surface area contributed by atoms with Crippen molar-refractivity contribution < 1.29 is 32.3 Å². The average Bonchev–Trinajstić information content (AvgIpc) is 3.60. The van der Waals surface area contributed by atoms with Crippen LogP contribution in [0.2, 0.25) is 0 Å². The van der Waals surface area contributed by atoms with Gasteiger partial charge in [-0.05, 0) is 102 Å². The molecule has 1 saturated carbocycles. The lowest BCUT2D eigenvalue weighted by Crippen LogP contribution is -2.57. The molecule has 17 heteroatoms. The van der Waals surface area contributed by atoms with Crippen molar-refractivity contribution in [1.82, 2.24) is 40.3 Å². The summed E-state index contributed by atoms with van der Waals surface area (Å²) in [7, 11) is 0. The Labute approximate surface area is 410 Å². The molecule has 5 aromatic rings. The number of halogens is 3. The summed E-state index contributed by atoms with van der Waals surface area (Å²) in [6.07, 6.45) is 1.03. The summed E-state index contributed by atoms with van der Waals surface area (Å²) < 4.78 is 47.1. The molecule has 9 rings (SSSR count). The molecule has 70 heavy (non-hydrogen) atoms. The number of ether oxygens (including phenoxy) is 1. The molecule has 366 valence electrons. The second-order valence-corrected chi connectivity index (χ2v) is 21.0. The highest BCUT2D eigenvalue weighted by molar-refractivity contribution is 7.13. The molecule has 3 fully saturated rings. The smallest absolute Gasteiger partial charge is 0.453 e. The quantitative estimate of drug-likeness (QED) is 0.118.